The summed E-state index contributed by atoms with van der Waals surface area (Å²) >= 11 is 7.02. The van der Waals surface area contributed by atoms with E-state index in [9.17, 15) is 14.4 Å². The van der Waals surface area contributed by atoms with Gasteiger partial charge < -0.3 is 10.5 Å². The standard InChI is InChI=1S/C14H11ClN2O3S/c15-10-5-3-9(4-6-10)13(19)17(14(16)20)11(8-18)12-2-1-7-21-12/h1-8,11H,(H2,16,20). The Morgan fingerprint density at radius 1 is 1.24 bits per heavy atom. The van der Waals surface area contributed by atoms with Crippen molar-refractivity contribution >= 4 is 41.2 Å². The Kier molecular flexibility index (Phi) is 4.72. The molecule has 7 heteroatoms. The van der Waals surface area contributed by atoms with Gasteiger partial charge in [-0.05, 0) is 35.7 Å². The highest BCUT2D eigenvalue weighted by atomic mass is 35.5. The zero-order valence-corrected chi connectivity index (χ0v) is 12.3. The first kappa shape index (κ1) is 15.2. The van der Waals surface area contributed by atoms with E-state index in [0.717, 1.165) is 4.90 Å². The summed E-state index contributed by atoms with van der Waals surface area (Å²) in [6, 6.07) is 7.35. The molecule has 2 N–H and O–H groups in total. The summed E-state index contributed by atoms with van der Waals surface area (Å²) in [6.45, 7) is 0. The molecule has 0 fully saturated rings. The number of nitrogens with zero attached hydrogens (tertiary/aromatic N) is 1. The zero-order valence-electron chi connectivity index (χ0n) is 10.7. The molecule has 2 aromatic rings. The second kappa shape index (κ2) is 6.51. The largest absolute Gasteiger partial charge is 0.351 e. The Bertz CT molecular complexity index is 655. The first-order valence-electron chi connectivity index (χ1n) is 5.92. The van der Waals surface area contributed by atoms with Crippen molar-refractivity contribution in [2.24, 2.45) is 5.73 Å². The van der Waals surface area contributed by atoms with E-state index in [1.807, 2.05) is 0 Å². The number of carbonyl (C=O) groups excluding carboxylic acids is 3. The molecule has 0 bridgehead atoms. The van der Waals surface area contributed by atoms with Gasteiger partial charge in [0.2, 0.25) is 0 Å². The predicted molar refractivity (Wildman–Crippen MR) is 80.3 cm³/mol. The first-order chi connectivity index (χ1) is 10.0. The van der Waals surface area contributed by atoms with Crippen molar-refractivity contribution in [2.75, 3.05) is 0 Å². The van der Waals surface area contributed by atoms with Gasteiger partial charge in [-0.3, -0.25) is 4.79 Å². The molecular weight excluding hydrogens is 312 g/mol. The van der Waals surface area contributed by atoms with Crippen molar-refractivity contribution in [1.82, 2.24) is 4.90 Å². The molecule has 1 atom stereocenters. The van der Waals surface area contributed by atoms with Crippen LogP contribution in [0.25, 0.3) is 0 Å². The fraction of sp³-hybridized carbons (Fsp3) is 0.0714. The number of carbonyl (C=O) groups is 3. The maximum atomic E-state index is 12.4. The lowest BCUT2D eigenvalue weighted by atomic mass is 10.1. The molecule has 0 spiro atoms. The minimum atomic E-state index is -1.04. The SMILES string of the molecule is NC(=O)N(C(=O)c1ccc(Cl)cc1)C(C=O)c1cccs1. The van der Waals surface area contributed by atoms with E-state index in [0.29, 0.717) is 16.2 Å². The molecule has 108 valence electrons. The van der Waals surface area contributed by atoms with Gasteiger partial charge in [-0.15, -0.1) is 11.3 Å². The van der Waals surface area contributed by atoms with Crippen LogP contribution in [0.1, 0.15) is 21.3 Å². The van der Waals surface area contributed by atoms with Crippen LogP contribution in [0.15, 0.2) is 41.8 Å². The van der Waals surface area contributed by atoms with Crippen LogP contribution in [0.4, 0.5) is 4.79 Å². The lowest BCUT2D eigenvalue weighted by Crippen LogP contribution is -2.43. The van der Waals surface area contributed by atoms with Gasteiger partial charge in [0, 0.05) is 15.5 Å². The molecule has 1 aromatic carbocycles. The minimum absolute atomic E-state index is 0.224. The Morgan fingerprint density at radius 3 is 2.38 bits per heavy atom. The molecule has 0 aliphatic carbocycles. The van der Waals surface area contributed by atoms with Crippen molar-refractivity contribution in [3.63, 3.8) is 0 Å². The number of nitrogens with two attached hydrogens (primary N) is 1. The molecule has 0 saturated heterocycles. The van der Waals surface area contributed by atoms with E-state index in [-0.39, 0.29) is 5.56 Å². The van der Waals surface area contributed by atoms with Crippen LogP contribution in [0.3, 0.4) is 0 Å². The Balaban J connectivity index is 2.38. The summed E-state index contributed by atoms with van der Waals surface area (Å²) in [4.78, 5) is 36.7. The van der Waals surface area contributed by atoms with Crippen LogP contribution < -0.4 is 5.73 Å². The average Bonchev–Trinajstić information content (AvgIpc) is 2.98. The third-order valence-electron chi connectivity index (χ3n) is 2.79. The number of benzene rings is 1. The Hall–Kier alpha value is -2.18. The van der Waals surface area contributed by atoms with Crippen molar-refractivity contribution in [3.05, 3.63) is 57.2 Å². The highest BCUT2D eigenvalue weighted by Gasteiger charge is 2.30. The smallest absolute Gasteiger partial charge is 0.322 e. The van der Waals surface area contributed by atoms with E-state index in [2.05, 4.69) is 0 Å². The van der Waals surface area contributed by atoms with E-state index < -0.39 is 18.0 Å². The number of hydrogen-bond acceptors (Lipinski definition) is 4. The number of halogens is 1. The van der Waals surface area contributed by atoms with E-state index in [1.54, 1.807) is 17.5 Å². The number of primary amides is 1. The third-order valence-corrected chi connectivity index (χ3v) is 3.98. The average molecular weight is 323 g/mol. The maximum absolute atomic E-state index is 12.4. The summed E-state index contributed by atoms with van der Waals surface area (Å²) in [5.41, 5.74) is 5.50. The van der Waals surface area contributed by atoms with Gasteiger partial charge in [-0.1, -0.05) is 17.7 Å². The lowest BCUT2D eigenvalue weighted by Gasteiger charge is -2.23. The molecule has 0 saturated carbocycles. The monoisotopic (exact) mass is 322 g/mol. The van der Waals surface area contributed by atoms with Crippen molar-refractivity contribution in [2.45, 2.75) is 6.04 Å². The minimum Gasteiger partial charge on any atom is -0.351 e. The normalized spacial score (nSPS) is 11.7. The molecule has 0 radical (unpaired) electrons. The third kappa shape index (κ3) is 3.29. The maximum Gasteiger partial charge on any atom is 0.322 e. The fourth-order valence-electron chi connectivity index (χ4n) is 1.81. The molecule has 0 aliphatic heterocycles. The molecule has 3 amide bonds. The predicted octanol–water partition coefficient (Wildman–Crippen LogP) is 2.86. The molecule has 1 aromatic heterocycles. The van der Waals surface area contributed by atoms with Crippen LogP contribution in [-0.2, 0) is 4.79 Å². The summed E-state index contributed by atoms with van der Waals surface area (Å²) in [5.74, 6) is -0.648. The van der Waals surface area contributed by atoms with Gasteiger partial charge in [-0.2, -0.15) is 0 Å². The van der Waals surface area contributed by atoms with Gasteiger partial charge in [-0.25, -0.2) is 9.69 Å². The van der Waals surface area contributed by atoms with Gasteiger partial charge in [0.1, 0.15) is 12.3 Å². The molecule has 2 rings (SSSR count). The Morgan fingerprint density at radius 2 is 1.90 bits per heavy atom. The first-order valence-corrected chi connectivity index (χ1v) is 7.17. The number of imide groups is 1. The van der Waals surface area contributed by atoms with Gasteiger partial charge in [0.05, 0.1) is 0 Å². The molecular formula is C14H11ClN2O3S. The molecule has 0 aliphatic rings. The van der Waals surface area contributed by atoms with Crippen LogP contribution in [-0.4, -0.2) is 23.1 Å². The van der Waals surface area contributed by atoms with Crippen molar-refractivity contribution in [3.8, 4) is 0 Å². The van der Waals surface area contributed by atoms with Crippen molar-refractivity contribution < 1.29 is 14.4 Å². The molecule has 1 heterocycles. The zero-order chi connectivity index (χ0) is 15.4. The second-order valence-electron chi connectivity index (χ2n) is 4.12. The van der Waals surface area contributed by atoms with Crippen LogP contribution in [0.5, 0.6) is 0 Å². The number of rotatable bonds is 4. The number of amides is 3. The summed E-state index contributed by atoms with van der Waals surface area (Å²) in [7, 11) is 0. The summed E-state index contributed by atoms with van der Waals surface area (Å²) in [6.07, 6.45) is 0.518. The number of urea groups is 1. The Labute approximate surface area is 129 Å². The van der Waals surface area contributed by atoms with Gasteiger partial charge in [0.25, 0.3) is 5.91 Å². The molecule has 21 heavy (non-hydrogen) atoms. The van der Waals surface area contributed by atoms with Crippen molar-refractivity contribution in [1.29, 1.82) is 0 Å². The fourth-order valence-corrected chi connectivity index (χ4v) is 2.71. The lowest BCUT2D eigenvalue weighted by molar-refractivity contribution is -0.111. The summed E-state index contributed by atoms with van der Waals surface area (Å²) in [5, 5.41) is 2.21. The highest BCUT2D eigenvalue weighted by molar-refractivity contribution is 7.10. The second-order valence-corrected chi connectivity index (χ2v) is 5.53. The van der Waals surface area contributed by atoms with E-state index in [1.165, 1.54) is 35.6 Å². The van der Waals surface area contributed by atoms with Gasteiger partial charge >= 0.3 is 6.03 Å². The highest BCUT2D eigenvalue weighted by Crippen LogP contribution is 2.25. The van der Waals surface area contributed by atoms with E-state index in [4.69, 9.17) is 17.3 Å². The number of aldehydes is 1. The van der Waals surface area contributed by atoms with Crippen LogP contribution >= 0.6 is 22.9 Å². The van der Waals surface area contributed by atoms with E-state index >= 15 is 0 Å². The number of thiophene rings is 1. The van der Waals surface area contributed by atoms with Crippen LogP contribution in [0.2, 0.25) is 5.02 Å². The molecule has 1 unspecified atom stereocenters. The topological polar surface area (TPSA) is 80.5 Å². The van der Waals surface area contributed by atoms with Crippen LogP contribution in [0, 0.1) is 0 Å². The summed E-state index contributed by atoms with van der Waals surface area (Å²) < 4.78 is 0. The quantitative estimate of drug-likeness (QED) is 0.879. The van der Waals surface area contributed by atoms with Gasteiger partial charge in [0.15, 0.2) is 0 Å². The number of hydrogen-bond donors (Lipinski definition) is 1. The molecule has 5 nitrogen and oxygen atoms in total.